The molecule has 0 spiro atoms. The Kier molecular flexibility index (Phi) is 10.9. The molecule has 0 aliphatic rings. The number of carbonyl (C=O) groups excluding carboxylic acids is 2. The van der Waals surface area contributed by atoms with Gasteiger partial charge in [-0.25, -0.2) is 8.42 Å². The fourth-order valence-electron chi connectivity index (χ4n) is 4.15. The van der Waals surface area contributed by atoms with E-state index < -0.39 is 28.5 Å². The van der Waals surface area contributed by atoms with Crippen LogP contribution in [0.1, 0.15) is 37.0 Å². The normalized spacial score (nSPS) is 12.1. The van der Waals surface area contributed by atoms with Gasteiger partial charge in [-0.05, 0) is 74.7 Å². The van der Waals surface area contributed by atoms with Gasteiger partial charge in [0.1, 0.15) is 12.6 Å². The van der Waals surface area contributed by atoms with Crippen LogP contribution in [0.2, 0.25) is 15.1 Å². The number of halogens is 3. The van der Waals surface area contributed by atoms with Crippen molar-refractivity contribution in [3.63, 3.8) is 0 Å². The number of rotatable bonds is 11. The first kappa shape index (κ1) is 31.7. The molecular weight excluding hydrogens is 593 g/mol. The van der Waals surface area contributed by atoms with E-state index in [2.05, 4.69) is 5.32 Å². The number of benzene rings is 3. The number of sulfonamides is 1. The summed E-state index contributed by atoms with van der Waals surface area (Å²) in [6.07, 6.45) is 0.306. The number of nitrogens with zero attached hydrogens (tertiary/aromatic N) is 2. The SMILES string of the molecule is CCNC(=O)C(CC)N(Cc1ccc(Cl)c(Cl)c1)C(=O)CN(c1ccc(C)c(Cl)c1)S(=O)(=O)c1ccc(C)cc1. The minimum atomic E-state index is -4.19. The second-order valence-corrected chi connectivity index (χ2v) is 12.4. The summed E-state index contributed by atoms with van der Waals surface area (Å²) in [6.45, 7) is 7.05. The third-order valence-electron chi connectivity index (χ3n) is 6.41. The summed E-state index contributed by atoms with van der Waals surface area (Å²) in [5.41, 5.74) is 2.51. The van der Waals surface area contributed by atoms with Crippen molar-refractivity contribution in [2.24, 2.45) is 0 Å². The van der Waals surface area contributed by atoms with E-state index in [4.69, 9.17) is 34.8 Å². The quantitative estimate of drug-likeness (QED) is 0.267. The Morgan fingerprint density at radius 2 is 1.55 bits per heavy atom. The second-order valence-electron chi connectivity index (χ2n) is 9.35. The van der Waals surface area contributed by atoms with Gasteiger partial charge < -0.3 is 10.2 Å². The molecule has 0 aliphatic heterocycles. The molecule has 3 aromatic rings. The first-order valence-electron chi connectivity index (χ1n) is 12.8. The molecule has 0 aliphatic carbocycles. The molecule has 3 aromatic carbocycles. The fraction of sp³-hybridized carbons (Fsp3) is 0.310. The molecule has 1 N–H and O–H groups in total. The van der Waals surface area contributed by atoms with E-state index >= 15 is 0 Å². The summed E-state index contributed by atoms with van der Waals surface area (Å²) < 4.78 is 28.9. The zero-order chi connectivity index (χ0) is 29.6. The van der Waals surface area contributed by atoms with E-state index in [9.17, 15) is 18.0 Å². The van der Waals surface area contributed by atoms with E-state index in [1.807, 2.05) is 6.92 Å². The maximum Gasteiger partial charge on any atom is 0.264 e. The van der Waals surface area contributed by atoms with E-state index in [0.29, 0.717) is 33.6 Å². The van der Waals surface area contributed by atoms with E-state index in [-0.39, 0.29) is 23.0 Å². The number of nitrogens with one attached hydrogen (secondary N) is 1. The third kappa shape index (κ3) is 7.49. The van der Waals surface area contributed by atoms with Gasteiger partial charge in [-0.2, -0.15) is 0 Å². The standard InChI is InChI=1S/C29H32Cl3N3O4S/c1-5-27(29(37)33-6-2)34(17-21-10-14-24(30)26(32)15-21)28(36)18-35(22-11-9-20(4)25(31)16-22)40(38,39)23-12-7-19(3)8-13-23/h7-16,27H,5-6,17-18H2,1-4H3,(H,33,37). The predicted octanol–water partition coefficient (Wildman–Crippen LogP) is 6.40. The van der Waals surface area contributed by atoms with Gasteiger partial charge in [-0.1, -0.05) is 71.6 Å². The minimum absolute atomic E-state index is 0.0123. The molecule has 3 rings (SSSR count). The van der Waals surface area contributed by atoms with Gasteiger partial charge in [0, 0.05) is 18.1 Å². The Morgan fingerprint density at radius 1 is 0.875 bits per heavy atom. The predicted molar refractivity (Wildman–Crippen MR) is 162 cm³/mol. The molecule has 0 saturated carbocycles. The largest absolute Gasteiger partial charge is 0.355 e. The second kappa shape index (κ2) is 13.7. The minimum Gasteiger partial charge on any atom is -0.355 e. The number of aryl methyl sites for hydroxylation is 2. The van der Waals surface area contributed by atoms with Gasteiger partial charge in [-0.3, -0.25) is 13.9 Å². The number of anilines is 1. The van der Waals surface area contributed by atoms with Gasteiger partial charge in [0.05, 0.1) is 20.6 Å². The van der Waals surface area contributed by atoms with E-state index in [1.165, 1.54) is 23.1 Å². The average Bonchev–Trinajstić information content (AvgIpc) is 2.91. The smallest absolute Gasteiger partial charge is 0.264 e. The lowest BCUT2D eigenvalue weighted by Gasteiger charge is -2.33. The van der Waals surface area contributed by atoms with Crippen LogP contribution in [0.5, 0.6) is 0 Å². The monoisotopic (exact) mass is 623 g/mol. The van der Waals surface area contributed by atoms with Crippen LogP contribution in [0, 0.1) is 13.8 Å². The van der Waals surface area contributed by atoms with Crippen LogP contribution in [0.25, 0.3) is 0 Å². The Morgan fingerprint density at radius 3 is 2.12 bits per heavy atom. The van der Waals surface area contributed by atoms with Crippen molar-refractivity contribution in [1.82, 2.24) is 10.2 Å². The molecule has 0 saturated heterocycles. The number of carbonyl (C=O) groups is 2. The van der Waals surface area contributed by atoms with Crippen LogP contribution in [-0.2, 0) is 26.2 Å². The summed E-state index contributed by atoms with van der Waals surface area (Å²) >= 11 is 18.7. The summed E-state index contributed by atoms with van der Waals surface area (Å²) in [5.74, 6) is -0.915. The average molecular weight is 625 g/mol. The van der Waals surface area contributed by atoms with E-state index in [0.717, 1.165) is 15.4 Å². The summed E-state index contributed by atoms with van der Waals surface area (Å²) in [4.78, 5) is 28.4. The van der Waals surface area contributed by atoms with Crippen molar-refractivity contribution in [3.05, 3.63) is 92.4 Å². The van der Waals surface area contributed by atoms with Crippen LogP contribution in [0.4, 0.5) is 5.69 Å². The van der Waals surface area contributed by atoms with Crippen molar-refractivity contribution in [3.8, 4) is 0 Å². The number of hydrogen-bond donors (Lipinski definition) is 1. The zero-order valence-electron chi connectivity index (χ0n) is 22.7. The Hall–Kier alpha value is -2.78. The molecule has 0 fully saturated rings. The molecule has 0 aromatic heterocycles. The molecule has 1 atom stereocenters. The van der Waals surface area contributed by atoms with Gasteiger partial charge in [0.15, 0.2) is 0 Å². The molecule has 40 heavy (non-hydrogen) atoms. The van der Waals surface area contributed by atoms with Crippen LogP contribution in [0.15, 0.2) is 65.6 Å². The molecule has 0 heterocycles. The zero-order valence-corrected chi connectivity index (χ0v) is 25.8. The van der Waals surface area contributed by atoms with Gasteiger partial charge >= 0.3 is 0 Å². The van der Waals surface area contributed by atoms with E-state index in [1.54, 1.807) is 63.2 Å². The van der Waals surface area contributed by atoms with Crippen LogP contribution >= 0.6 is 34.8 Å². The van der Waals surface area contributed by atoms with Crippen molar-refractivity contribution in [1.29, 1.82) is 0 Å². The maximum absolute atomic E-state index is 14.0. The first-order chi connectivity index (χ1) is 18.9. The highest BCUT2D eigenvalue weighted by Gasteiger charge is 2.33. The molecule has 11 heteroatoms. The van der Waals surface area contributed by atoms with Crippen LogP contribution in [-0.4, -0.2) is 44.3 Å². The molecule has 0 bridgehead atoms. The van der Waals surface area contributed by atoms with Gasteiger partial charge in [0.2, 0.25) is 11.8 Å². The lowest BCUT2D eigenvalue weighted by Crippen LogP contribution is -2.52. The molecule has 7 nitrogen and oxygen atoms in total. The highest BCUT2D eigenvalue weighted by molar-refractivity contribution is 7.92. The van der Waals surface area contributed by atoms with Gasteiger partial charge in [0.25, 0.3) is 10.0 Å². The number of likely N-dealkylation sites (N-methyl/N-ethyl adjacent to an activating group) is 1. The molecular formula is C29H32Cl3N3O4S. The number of hydrogen-bond acceptors (Lipinski definition) is 4. The van der Waals surface area contributed by atoms with Crippen molar-refractivity contribution < 1.29 is 18.0 Å². The Labute approximate surface area is 251 Å². The van der Waals surface area contributed by atoms with Crippen molar-refractivity contribution in [2.45, 2.75) is 51.6 Å². The lowest BCUT2D eigenvalue weighted by atomic mass is 10.1. The maximum atomic E-state index is 14.0. The topological polar surface area (TPSA) is 86.8 Å². The molecule has 214 valence electrons. The fourth-order valence-corrected chi connectivity index (χ4v) is 6.05. The summed E-state index contributed by atoms with van der Waals surface area (Å²) in [7, 11) is -4.19. The van der Waals surface area contributed by atoms with Crippen molar-refractivity contribution in [2.75, 3.05) is 17.4 Å². The molecule has 1 unspecified atom stereocenters. The van der Waals surface area contributed by atoms with Crippen molar-refractivity contribution >= 4 is 62.3 Å². The van der Waals surface area contributed by atoms with Gasteiger partial charge in [-0.15, -0.1) is 0 Å². The highest BCUT2D eigenvalue weighted by atomic mass is 35.5. The number of amides is 2. The third-order valence-corrected chi connectivity index (χ3v) is 9.34. The Balaban J connectivity index is 2.09. The summed E-state index contributed by atoms with van der Waals surface area (Å²) in [5, 5.41) is 3.78. The highest BCUT2D eigenvalue weighted by Crippen LogP contribution is 2.29. The first-order valence-corrected chi connectivity index (χ1v) is 15.3. The summed E-state index contributed by atoms with van der Waals surface area (Å²) in [6, 6.07) is 15.3. The van der Waals surface area contributed by atoms with Crippen LogP contribution < -0.4 is 9.62 Å². The Bertz CT molecular complexity index is 1480. The molecule has 2 amide bonds. The molecule has 0 radical (unpaired) electrons. The van der Waals surface area contributed by atoms with Crippen LogP contribution in [0.3, 0.4) is 0 Å². The lowest BCUT2D eigenvalue weighted by molar-refractivity contribution is -0.140.